The molecule has 0 aliphatic heterocycles. The van der Waals surface area contributed by atoms with Crippen molar-refractivity contribution in [2.75, 3.05) is 6.61 Å². The van der Waals surface area contributed by atoms with Crippen molar-refractivity contribution < 1.29 is 9.53 Å². The maximum absolute atomic E-state index is 11.5. The lowest BCUT2D eigenvalue weighted by Crippen LogP contribution is -2.16. The quantitative estimate of drug-likeness (QED) is 0.864. The minimum absolute atomic E-state index is 0.333. The number of thiazole rings is 1. The number of rotatable bonds is 3. The van der Waals surface area contributed by atoms with E-state index < -0.39 is 6.09 Å². The number of amides is 1. The van der Waals surface area contributed by atoms with E-state index in [0.29, 0.717) is 11.4 Å². The number of carbonyl (C=O) groups is 1. The maximum atomic E-state index is 11.5. The average molecular weight is 276 g/mol. The van der Waals surface area contributed by atoms with E-state index in [1.165, 1.54) is 16.9 Å². The Morgan fingerprint density at radius 3 is 2.89 bits per heavy atom. The largest absolute Gasteiger partial charge is 0.448 e. The second-order valence-electron chi connectivity index (χ2n) is 3.85. The first-order chi connectivity index (χ1) is 9.26. The van der Waals surface area contributed by atoms with Crippen LogP contribution in [0.5, 0.6) is 0 Å². The van der Waals surface area contributed by atoms with Gasteiger partial charge in [0.2, 0.25) is 4.80 Å². The highest BCUT2D eigenvalue weighted by molar-refractivity contribution is 7.07. The van der Waals surface area contributed by atoms with Gasteiger partial charge in [-0.3, -0.25) is 4.57 Å². The van der Waals surface area contributed by atoms with E-state index in [2.05, 4.69) is 18.0 Å². The van der Waals surface area contributed by atoms with Crippen molar-refractivity contribution in [3.05, 3.63) is 46.2 Å². The fourth-order valence-electron chi connectivity index (χ4n) is 1.81. The molecule has 0 unspecified atom stereocenters. The summed E-state index contributed by atoms with van der Waals surface area (Å²) in [6.45, 7) is 4.20. The lowest BCUT2D eigenvalue weighted by molar-refractivity contribution is 0.162. The van der Waals surface area contributed by atoms with Crippen molar-refractivity contribution in [2.45, 2.75) is 20.3 Å². The summed E-state index contributed by atoms with van der Waals surface area (Å²) in [7, 11) is 0. The van der Waals surface area contributed by atoms with Crippen LogP contribution in [0.1, 0.15) is 19.4 Å². The summed E-state index contributed by atoms with van der Waals surface area (Å²) in [5.74, 6) is 0. The molecule has 0 bridgehead atoms. The third-order valence-corrected chi connectivity index (χ3v) is 3.43. The molecular weight excluding hydrogens is 260 g/mol. The van der Waals surface area contributed by atoms with Crippen molar-refractivity contribution in [3.8, 4) is 5.69 Å². The fraction of sp³-hybridized carbons (Fsp3) is 0.286. The van der Waals surface area contributed by atoms with Gasteiger partial charge in [0, 0.05) is 11.6 Å². The third kappa shape index (κ3) is 3.12. The number of carbonyl (C=O) groups excluding carboxylic acids is 1. The Bertz CT molecular complexity index is 628. The van der Waals surface area contributed by atoms with E-state index in [9.17, 15) is 4.79 Å². The van der Waals surface area contributed by atoms with Crippen LogP contribution in [-0.4, -0.2) is 17.3 Å². The van der Waals surface area contributed by atoms with E-state index in [-0.39, 0.29) is 0 Å². The van der Waals surface area contributed by atoms with Crippen molar-refractivity contribution in [1.29, 1.82) is 0 Å². The van der Waals surface area contributed by atoms with Crippen LogP contribution in [0, 0.1) is 0 Å². The highest BCUT2D eigenvalue weighted by atomic mass is 32.1. The Balaban J connectivity index is 2.47. The van der Waals surface area contributed by atoms with Crippen LogP contribution in [0.3, 0.4) is 0 Å². The molecule has 1 aromatic heterocycles. The normalized spacial score (nSPS) is 11.6. The van der Waals surface area contributed by atoms with Crippen molar-refractivity contribution >= 4 is 17.4 Å². The Morgan fingerprint density at radius 1 is 1.37 bits per heavy atom. The van der Waals surface area contributed by atoms with Gasteiger partial charge in [0.1, 0.15) is 0 Å². The second kappa shape index (κ2) is 6.33. The molecular formula is C14H16N2O2S. The first-order valence-electron chi connectivity index (χ1n) is 6.22. The van der Waals surface area contributed by atoms with Gasteiger partial charge in [-0.2, -0.15) is 0 Å². The highest BCUT2D eigenvalue weighted by Gasteiger charge is 2.05. The number of aryl methyl sites for hydroxylation is 1. The Kier molecular flexibility index (Phi) is 4.52. The molecule has 0 radical (unpaired) electrons. The van der Waals surface area contributed by atoms with E-state index in [1.54, 1.807) is 6.92 Å². The molecule has 0 saturated heterocycles. The molecule has 100 valence electrons. The molecule has 0 N–H and O–H groups in total. The van der Waals surface area contributed by atoms with Crippen LogP contribution in [0.4, 0.5) is 4.79 Å². The van der Waals surface area contributed by atoms with Gasteiger partial charge in [-0.05, 0) is 25.0 Å². The third-order valence-electron chi connectivity index (χ3n) is 2.68. The lowest BCUT2D eigenvalue weighted by atomic mass is 10.1. The maximum Gasteiger partial charge on any atom is 0.436 e. The molecule has 1 amide bonds. The van der Waals surface area contributed by atoms with Crippen LogP contribution >= 0.6 is 11.3 Å². The molecule has 1 aromatic carbocycles. The average Bonchev–Trinajstić information content (AvgIpc) is 2.86. The monoisotopic (exact) mass is 276 g/mol. The summed E-state index contributed by atoms with van der Waals surface area (Å²) in [4.78, 5) is 16.1. The van der Waals surface area contributed by atoms with E-state index in [0.717, 1.165) is 12.1 Å². The van der Waals surface area contributed by atoms with Crippen molar-refractivity contribution in [1.82, 2.24) is 4.57 Å². The molecule has 1 heterocycles. The summed E-state index contributed by atoms with van der Waals surface area (Å²) < 4.78 is 6.77. The van der Waals surface area contributed by atoms with Crippen LogP contribution < -0.4 is 4.80 Å². The van der Waals surface area contributed by atoms with Crippen molar-refractivity contribution in [3.63, 3.8) is 0 Å². The molecule has 0 saturated carbocycles. The van der Waals surface area contributed by atoms with Gasteiger partial charge in [0.05, 0.1) is 12.3 Å². The highest BCUT2D eigenvalue weighted by Crippen LogP contribution is 2.13. The molecule has 0 aliphatic carbocycles. The van der Waals surface area contributed by atoms with Crippen LogP contribution in [0.15, 0.2) is 40.8 Å². The van der Waals surface area contributed by atoms with Crippen molar-refractivity contribution in [2.24, 2.45) is 4.99 Å². The Morgan fingerprint density at radius 2 is 2.16 bits per heavy atom. The molecule has 0 aliphatic rings. The number of hydrogen-bond donors (Lipinski definition) is 0. The molecule has 0 spiro atoms. The summed E-state index contributed by atoms with van der Waals surface area (Å²) in [5.41, 5.74) is 2.26. The lowest BCUT2D eigenvalue weighted by Gasteiger charge is -2.08. The van der Waals surface area contributed by atoms with Gasteiger partial charge in [-0.1, -0.05) is 25.1 Å². The number of hydrogen-bond acceptors (Lipinski definition) is 3. The number of benzene rings is 1. The van der Waals surface area contributed by atoms with E-state index in [1.807, 2.05) is 34.3 Å². The number of ether oxygens (including phenoxy) is 1. The SMILES string of the molecule is CCOC(=O)/N=c1\sccn1-c1ccccc1CC. The van der Waals surface area contributed by atoms with Crippen LogP contribution in [-0.2, 0) is 11.2 Å². The molecule has 19 heavy (non-hydrogen) atoms. The molecule has 0 fully saturated rings. The molecule has 2 aromatic rings. The topological polar surface area (TPSA) is 43.6 Å². The Hall–Kier alpha value is -1.88. The van der Waals surface area contributed by atoms with Gasteiger partial charge in [0.25, 0.3) is 0 Å². The zero-order valence-corrected chi connectivity index (χ0v) is 11.8. The number of aromatic nitrogens is 1. The number of nitrogens with zero attached hydrogens (tertiary/aromatic N) is 2. The zero-order chi connectivity index (χ0) is 13.7. The minimum Gasteiger partial charge on any atom is -0.448 e. The van der Waals surface area contributed by atoms with Gasteiger partial charge >= 0.3 is 6.09 Å². The van der Waals surface area contributed by atoms with E-state index in [4.69, 9.17) is 4.74 Å². The predicted molar refractivity (Wildman–Crippen MR) is 75.6 cm³/mol. The minimum atomic E-state index is -0.548. The molecule has 2 rings (SSSR count). The predicted octanol–water partition coefficient (Wildman–Crippen LogP) is 3.16. The first-order valence-corrected chi connectivity index (χ1v) is 7.10. The standard InChI is InChI=1S/C14H16N2O2S/c1-3-11-7-5-6-8-12(11)16-9-10-19-13(16)15-14(17)18-4-2/h5-10H,3-4H2,1-2H3/b15-13-. The van der Waals surface area contributed by atoms with E-state index >= 15 is 0 Å². The summed E-state index contributed by atoms with van der Waals surface area (Å²) in [6, 6.07) is 8.09. The summed E-state index contributed by atoms with van der Waals surface area (Å²) in [5, 5.41) is 1.91. The van der Waals surface area contributed by atoms with Gasteiger partial charge < -0.3 is 4.74 Å². The Labute approximate surface area is 116 Å². The zero-order valence-electron chi connectivity index (χ0n) is 11.0. The van der Waals surface area contributed by atoms with Gasteiger partial charge in [0.15, 0.2) is 0 Å². The molecule has 0 atom stereocenters. The van der Waals surface area contributed by atoms with Crippen LogP contribution in [0.25, 0.3) is 5.69 Å². The second-order valence-corrected chi connectivity index (χ2v) is 4.72. The summed E-state index contributed by atoms with van der Waals surface area (Å²) in [6.07, 6.45) is 2.29. The number of para-hydroxylation sites is 1. The van der Waals surface area contributed by atoms with Gasteiger partial charge in [-0.25, -0.2) is 4.79 Å². The first kappa shape index (κ1) is 13.5. The van der Waals surface area contributed by atoms with Gasteiger partial charge in [-0.15, -0.1) is 16.3 Å². The molecule has 4 nitrogen and oxygen atoms in total. The molecule has 5 heteroatoms. The fourth-order valence-corrected chi connectivity index (χ4v) is 2.52. The van der Waals surface area contributed by atoms with Crippen LogP contribution in [0.2, 0.25) is 0 Å². The summed E-state index contributed by atoms with van der Waals surface area (Å²) >= 11 is 1.41. The smallest absolute Gasteiger partial charge is 0.436 e.